The first kappa shape index (κ1) is 17.0. The molecule has 136 valence electrons. The number of carbonyl (C=O) groups excluding carboxylic acids is 2. The lowest BCUT2D eigenvalue weighted by molar-refractivity contribution is -0.146. The summed E-state index contributed by atoms with van der Waals surface area (Å²) < 4.78 is 13.0. The SMILES string of the molecule is O=C(NC1CC1)C(=O)N1CCN(c2nc(-c3ccc(F)cc3)cs2)CC1. The molecule has 2 heterocycles. The minimum absolute atomic E-state index is 0.188. The number of piperazine rings is 1. The summed E-state index contributed by atoms with van der Waals surface area (Å²) in [6.07, 6.45) is 1.93. The van der Waals surface area contributed by atoms with Crippen molar-refractivity contribution in [2.75, 3.05) is 31.1 Å². The molecule has 2 fully saturated rings. The highest BCUT2D eigenvalue weighted by Gasteiger charge is 2.31. The Hall–Kier alpha value is -2.48. The Morgan fingerprint density at radius 1 is 1.12 bits per heavy atom. The normalized spacial score (nSPS) is 17.3. The highest BCUT2D eigenvalue weighted by atomic mass is 32.1. The van der Waals surface area contributed by atoms with E-state index in [0.29, 0.717) is 26.2 Å². The topological polar surface area (TPSA) is 65.5 Å². The van der Waals surface area contributed by atoms with Crippen molar-refractivity contribution >= 4 is 28.3 Å². The predicted molar refractivity (Wildman–Crippen MR) is 97.5 cm³/mol. The zero-order valence-electron chi connectivity index (χ0n) is 14.2. The quantitative estimate of drug-likeness (QED) is 0.833. The summed E-state index contributed by atoms with van der Waals surface area (Å²) in [4.78, 5) is 32.4. The van der Waals surface area contributed by atoms with E-state index in [9.17, 15) is 14.0 Å². The molecule has 1 saturated carbocycles. The van der Waals surface area contributed by atoms with E-state index in [1.165, 1.54) is 23.5 Å². The molecule has 1 aromatic heterocycles. The third-order valence-electron chi connectivity index (χ3n) is 4.58. The Bertz CT molecular complexity index is 811. The fraction of sp³-hybridized carbons (Fsp3) is 0.389. The van der Waals surface area contributed by atoms with E-state index in [1.54, 1.807) is 17.0 Å². The van der Waals surface area contributed by atoms with Gasteiger partial charge >= 0.3 is 11.8 Å². The number of rotatable bonds is 3. The van der Waals surface area contributed by atoms with Crippen molar-refractivity contribution in [3.05, 3.63) is 35.5 Å². The molecule has 1 aliphatic carbocycles. The van der Waals surface area contributed by atoms with Gasteiger partial charge in [-0.05, 0) is 37.1 Å². The van der Waals surface area contributed by atoms with E-state index in [-0.39, 0.29) is 11.9 Å². The molecular formula is C18H19FN4O2S. The summed E-state index contributed by atoms with van der Waals surface area (Å²) in [5.74, 6) is -1.20. The lowest BCUT2D eigenvalue weighted by Crippen LogP contribution is -2.53. The smallest absolute Gasteiger partial charge is 0.312 e. The van der Waals surface area contributed by atoms with Crippen LogP contribution in [-0.4, -0.2) is 53.9 Å². The van der Waals surface area contributed by atoms with Gasteiger partial charge in [0.15, 0.2) is 5.13 Å². The summed E-state index contributed by atoms with van der Waals surface area (Å²) >= 11 is 1.53. The van der Waals surface area contributed by atoms with Crippen LogP contribution in [0.25, 0.3) is 11.3 Å². The Morgan fingerprint density at radius 2 is 1.81 bits per heavy atom. The Labute approximate surface area is 154 Å². The Morgan fingerprint density at radius 3 is 2.46 bits per heavy atom. The van der Waals surface area contributed by atoms with Crippen molar-refractivity contribution in [3.63, 3.8) is 0 Å². The van der Waals surface area contributed by atoms with E-state index in [1.807, 2.05) is 5.38 Å². The maximum Gasteiger partial charge on any atom is 0.312 e. The Kier molecular flexibility index (Phi) is 4.58. The molecule has 6 nitrogen and oxygen atoms in total. The van der Waals surface area contributed by atoms with Gasteiger partial charge in [0, 0.05) is 43.2 Å². The number of nitrogens with zero attached hydrogens (tertiary/aromatic N) is 3. The molecule has 0 atom stereocenters. The van der Waals surface area contributed by atoms with Crippen LogP contribution >= 0.6 is 11.3 Å². The van der Waals surface area contributed by atoms with Crippen LogP contribution in [0, 0.1) is 5.82 Å². The second-order valence-electron chi connectivity index (χ2n) is 6.55. The highest BCUT2D eigenvalue weighted by molar-refractivity contribution is 7.14. The first-order valence-corrected chi connectivity index (χ1v) is 9.54. The fourth-order valence-corrected chi connectivity index (χ4v) is 3.77. The van der Waals surface area contributed by atoms with Gasteiger partial charge in [0.1, 0.15) is 5.82 Å². The Balaban J connectivity index is 1.35. The maximum atomic E-state index is 13.0. The van der Waals surface area contributed by atoms with Gasteiger partial charge in [-0.1, -0.05) is 0 Å². The van der Waals surface area contributed by atoms with E-state index in [0.717, 1.165) is 29.2 Å². The molecule has 26 heavy (non-hydrogen) atoms. The summed E-state index contributed by atoms with van der Waals surface area (Å²) in [5, 5.41) is 5.56. The third kappa shape index (κ3) is 3.70. The minimum Gasteiger partial charge on any atom is -0.345 e. The zero-order valence-corrected chi connectivity index (χ0v) is 15.0. The number of nitrogens with one attached hydrogen (secondary N) is 1. The van der Waals surface area contributed by atoms with E-state index in [2.05, 4.69) is 15.2 Å². The van der Waals surface area contributed by atoms with Crippen LogP contribution < -0.4 is 10.2 Å². The van der Waals surface area contributed by atoms with Gasteiger partial charge in [0.2, 0.25) is 0 Å². The number of benzene rings is 1. The number of hydrogen-bond acceptors (Lipinski definition) is 5. The number of aromatic nitrogens is 1. The van der Waals surface area contributed by atoms with Crippen molar-refractivity contribution < 1.29 is 14.0 Å². The van der Waals surface area contributed by atoms with Gasteiger partial charge in [0.25, 0.3) is 0 Å². The molecule has 0 unspecified atom stereocenters. The zero-order chi connectivity index (χ0) is 18.1. The number of carbonyl (C=O) groups is 2. The molecule has 1 saturated heterocycles. The van der Waals surface area contributed by atoms with Crippen molar-refractivity contribution in [1.82, 2.24) is 15.2 Å². The van der Waals surface area contributed by atoms with Gasteiger partial charge in [-0.3, -0.25) is 9.59 Å². The molecule has 1 N–H and O–H groups in total. The second kappa shape index (κ2) is 7.03. The van der Waals surface area contributed by atoms with Gasteiger partial charge in [0.05, 0.1) is 5.69 Å². The molecule has 1 aliphatic heterocycles. The molecule has 2 amide bonds. The average molecular weight is 374 g/mol. The minimum atomic E-state index is -0.492. The number of amides is 2. The molecule has 2 aliphatic rings. The first-order valence-electron chi connectivity index (χ1n) is 8.66. The first-order chi connectivity index (χ1) is 12.6. The van der Waals surface area contributed by atoms with Gasteiger partial charge in [-0.25, -0.2) is 9.37 Å². The van der Waals surface area contributed by atoms with Crippen molar-refractivity contribution in [2.45, 2.75) is 18.9 Å². The molecule has 1 aromatic carbocycles. The van der Waals surface area contributed by atoms with Crippen LogP contribution in [0.2, 0.25) is 0 Å². The predicted octanol–water partition coefficient (Wildman–Crippen LogP) is 1.88. The number of thiazole rings is 1. The molecule has 8 heteroatoms. The van der Waals surface area contributed by atoms with E-state index >= 15 is 0 Å². The summed E-state index contributed by atoms with van der Waals surface area (Å²) in [6, 6.07) is 6.46. The number of halogens is 1. The monoisotopic (exact) mass is 374 g/mol. The van der Waals surface area contributed by atoms with Crippen molar-refractivity contribution in [2.24, 2.45) is 0 Å². The molecule has 4 rings (SSSR count). The molecule has 0 radical (unpaired) electrons. The molecule has 0 spiro atoms. The third-order valence-corrected chi connectivity index (χ3v) is 5.48. The summed E-state index contributed by atoms with van der Waals surface area (Å²) in [7, 11) is 0. The van der Waals surface area contributed by atoms with Crippen LogP contribution in [0.4, 0.5) is 9.52 Å². The van der Waals surface area contributed by atoms with Crippen LogP contribution in [0.3, 0.4) is 0 Å². The van der Waals surface area contributed by atoms with Crippen LogP contribution in [0.5, 0.6) is 0 Å². The fourth-order valence-electron chi connectivity index (χ4n) is 2.88. The standard InChI is InChI=1S/C18H19FN4O2S/c19-13-3-1-12(2-4-13)15-11-26-18(21-15)23-9-7-22(8-10-23)17(25)16(24)20-14-5-6-14/h1-4,11,14H,5-10H2,(H,20,24). The van der Waals surface area contributed by atoms with Crippen LogP contribution in [0.1, 0.15) is 12.8 Å². The van der Waals surface area contributed by atoms with E-state index in [4.69, 9.17) is 0 Å². The lowest BCUT2D eigenvalue weighted by atomic mass is 10.2. The van der Waals surface area contributed by atoms with Gasteiger partial charge in [-0.15, -0.1) is 11.3 Å². The summed E-state index contributed by atoms with van der Waals surface area (Å²) in [6.45, 7) is 2.28. The van der Waals surface area contributed by atoms with Crippen molar-refractivity contribution in [1.29, 1.82) is 0 Å². The summed E-state index contributed by atoms with van der Waals surface area (Å²) in [5.41, 5.74) is 1.69. The largest absolute Gasteiger partial charge is 0.345 e. The van der Waals surface area contributed by atoms with Gasteiger partial charge < -0.3 is 15.1 Å². The molecule has 2 aromatic rings. The van der Waals surface area contributed by atoms with Crippen LogP contribution in [0.15, 0.2) is 29.6 Å². The van der Waals surface area contributed by atoms with Gasteiger partial charge in [-0.2, -0.15) is 0 Å². The maximum absolute atomic E-state index is 13.0. The number of hydrogen-bond donors (Lipinski definition) is 1. The van der Waals surface area contributed by atoms with Crippen LogP contribution in [-0.2, 0) is 9.59 Å². The molecular weight excluding hydrogens is 355 g/mol. The van der Waals surface area contributed by atoms with E-state index < -0.39 is 11.8 Å². The number of anilines is 1. The lowest BCUT2D eigenvalue weighted by Gasteiger charge is -2.34. The van der Waals surface area contributed by atoms with Crippen molar-refractivity contribution in [3.8, 4) is 11.3 Å². The molecule has 0 bridgehead atoms. The second-order valence-corrected chi connectivity index (χ2v) is 7.39. The highest BCUT2D eigenvalue weighted by Crippen LogP contribution is 2.28. The average Bonchev–Trinajstić information content (AvgIpc) is 3.34.